The standard InChI is InChI=1S/C13H24N2O2/c1-10-5-7-15(8-6-10)13(17)14-9-11-3-2-4-12(11)16/h10-12,16H,2-9H2,1H3,(H,14,17). The first-order valence-electron chi connectivity index (χ1n) is 6.87. The molecule has 0 aromatic heterocycles. The van der Waals surface area contributed by atoms with E-state index in [1.807, 2.05) is 4.90 Å². The van der Waals surface area contributed by atoms with E-state index in [1.165, 1.54) is 0 Å². The van der Waals surface area contributed by atoms with Crippen LogP contribution in [0.2, 0.25) is 0 Å². The van der Waals surface area contributed by atoms with Crippen molar-refractivity contribution in [3.05, 3.63) is 0 Å². The second kappa shape index (κ2) is 5.71. The topological polar surface area (TPSA) is 52.6 Å². The van der Waals surface area contributed by atoms with E-state index in [2.05, 4.69) is 12.2 Å². The number of urea groups is 1. The van der Waals surface area contributed by atoms with Crippen molar-refractivity contribution in [3.8, 4) is 0 Å². The summed E-state index contributed by atoms with van der Waals surface area (Å²) in [7, 11) is 0. The van der Waals surface area contributed by atoms with Crippen molar-refractivity contribution in [1.82, 2.24) is 10.2 Å². The molecule has 17 heavy (non-hydrogen) atoms. The molecule has 0 aromatic carbocycles. The van der Waals surface area contributed by atoms with Crippen LogP contribution in [0.5, 0.6) is 0 Å². The van der Waals surface area contributed by atoms with Crippen molar-refractivity contribution < 1.29 is 9.90 Å². The Bertz CT molecular complexity index is 262. The van der Waals surface area contributed by atoms with Crippen LogP contribution in [-0.2, 0) is 0 Å². The average molecular weight is 240 g/mol. The third-order valence-corrected chi connectivity index (χ3v) is 4.21. The predicted molar refractivity (Wildman–Crippen MR) is 66.7 cm³/mol. The van der Waals surface area contributed by atoms with Gasteiger partial charge in [-0.15, -0.1) is 0 Å². The highest BCUT2D eigenvalue weighted by molar-refractivity contribution is 5.74. The lowest BCUT2D eigenvalue weighted by molar-refractivity contribution is 0.128. The molecule has 2 unspecified atom stereocenters. The third-order valence-electron chi connectivity index (χ3n) is 4.21. The fraction of sp³-hybridized carbons (Fsp3) is 0.923. The Kier molecular flexibility index (Phi) is 4.26. The lowest BCUT2D eigenvalue weighted by Crippen LogP contribution is -2.46. The van der Waals surface area contributed by atoms with E-state index < -0.39 is 0 Å². The summed E-state index contributed by atoms with van der Waals surface area (Å²) in [4.78, 5) is 13.8. The first-order chi connectivity index (χ1) is 8.16. The van der Waals surface area contributed by atoms with Crippen LogP contribution >= 0.6 is 0 Å². The van der Waals surface area contributed by atoms with E-state index in [1.54, 1.807) is 0 Å². The van der Waals surface area contributed by atoms with Crippen LogP contribution in [0, 0.1) is 11.8 Å². The number of piperidine rings is 1. The molecule has 0 spiro atoms. The highest BCUT2D eigenvalue weighted by Crippen LogP contribution is 2.24. The second-order valence-corrected chi connectivity index (χ2v) is 5.61. The number of nitrogens with zero attached hydrogens (tertiary/aromatic N) is 1. The van der Waals surface area contributed by atoms with Gasteiger partial charge in [-0.1, -0.05) is 13.3 Å². The summed E-state index contributed by atoms with van der Waals surface area (Å²) in [5, 5.41) is 12.6. The maximum absolute atomic E-state index is 11.9. The number of rotatable bonds is 2. The molecule has 98 valence electrons. The minimum atomic E-state index is -0.211. The van der Waals surface area contributed by atoms with Crippen LogP contribution in [0.1, 0.15) is 39.0 Å². The summed E-state index contributed by atoms with van der Waals surface area (Å²) in [6.45, 7) is 4.62. The largest absolute Gasteiger partial charge is 0.393 e. The summed E-state index contributed by atoms with van der Waals surface area (Å²) < 4.78 is 0. The third kappa shape index (κ3) is 3.35. The quantitative estimate of drug-likeness (QED) is 0.770. The van der Waals surface area contributed by atoms with Crippen molar-refractivity contribution in [2.45, 2.75) is 45.1 Å². The maximum Gasteiger partial charge on any atom is 0.317 e. The molecule has 0 aromatic rings. The molecule has 0 radical (unpaired) electrons. The Labute approximate surface area is 103 Å². The fourth-order valence-corrected chi connectivity index (χ4v) is 2.80. The first-order valence-corrected chi connectivity index (χ1v) is 6.87. The Morgan fingerprint density at radius 3 is 2.59 bits per heavy atom. The minimum absolute atomic E-state index is 0.0519. The van der Waals surface area contributed by atoms with Gasteiger partial charge in [0.15, 0.2) is 0 Å². The minimum Gasteiger partial charge on any atom is -0.393 e. The molecule has 2 rings (SSSR count). The number of aliphatic hydroxyl groups is 1. The van der Waals surface area contributed by atoms with Crippen LogP contribution in [0.15, 0.2) is 0 Å². The Hall–Kier alpha value is -0.770. The van der Waals surface area contributed by atoms with Crippen LogP contribution in [0.25, 0.3) is 0 Å². The van der Waals surface area contributed by atoms with Crippen molar-refractivity contribution >= 4 is 6.03 Å². The number of amides is 2. The summed E-state index contributed by atoms with van der Waals surface area (Å²) >= 11 is 0. The van der Waals surface area contributed by atoms with E-state index in [0.717, 1.165) is 51.1 Å². The van der Waals surface area contributed by atoms with E-state index >= 15 is 0 Å². The van der Waals surface area contributed by atoms with Gasteiger partial charge >= 0.3 is 6.03 Å². The monoisotopic (exact) mass is 240 g/mol. The molecule has 1 saturated heterocycles. The van der Waals surface area contributed by atoms with Crippen LogP contribution in [0.3, 0.4) is 0 Å². The highest BCUT2D eigenvalue weighted by atomic mass is 16.3. The molecular formula is C13H24N2O2. The molecule has 1 aliphatic carbocycles. The van der Waals surface area contributed by atoms with Crippen molar-refractivity contribution in [2.75, 3.05) is 19.6 Å². The van der Waals surface area contributed by atoms with Crippen molar-refractivity contribution in [3.63, 3.8) is 0 Å². The molecule has 2 fully saturated rings. The number of likely N-dealkylation sites (tertiary alicyclic amines) is 1. The molecule has 2 amide bonds. The molecule has 1 saturated carbocycles. The maximum atomic E-state index is 11.9. The molecule has 2 aliphatic rings. The number of carbonyl (C=O) groups is 1. The Morgan fingerprint density at radius 1 is 1.29 bits per heavy atom. The van der Waals surface area contributed by atoms with Crippen LogP contribution in [0.4, 0.5) is 4.79 Å². The van der Waals surface area contributed by atoms with Gasteiger partial charge in [0.1, 0.15) is 0 Å². The SMILES string of the molecule is CC1CCN(C(=O)NCC2CCCC2O)CC1. The highest BCUT2D eigenvalue weighted by Gasteiger charge is 2.26. The number of hydrogen-bond acceptors (Lipinski definition) is 2. The zero-order valence-electron chi connectivity index (χ0n) is 10.7. The molecular weight excluding hydrogens is 216 g/mol. The fourth-order valence-electron chi connectivity index (χ4n) is 2.80. The van der Waals surface area contributed by atoms with Gasteiger partial charge < -0.3 is 15.3 Å². The Morgan fingerprint density at radius 2 is 2.00 bits per heavy atom. The summed E-state index contributed by atoms with van der Waals surface area (Å²) in [6.07, 6.45) is 5.03. The predicted octanol–water partition coefficient (Wildman–Crippen LogP) is 1.59. The second-order valence-electron chi connectivity index (χ2n) is 5.61. The summed E-state index contributed by atoms with van der Waals surface area (Å²) in [5.41, 5.74) is 0. The number of hydrogen-bond donors (Lipinski definition) is 2. The normalized spacial score (nSPS) is 30.6. The molecule has 1 aliphatic heterocycles. The van der Waals surface area contributed by atoms with Crippen molar-refractivity contribution in [1.29, 1.82) is 0 Å². The molecule has 2 N–H and O–H groups in total. The molecule has 4 nitrogen and oxygen atoms in total. The van der Waals surface area contributed by atoms with Gasteiger partial charge in [0.2, 0.25) is 0 Å². The van der Waals surface area contributed by atoms with Gasteiger partial charge in [0.25, 0.3) is 0 Å². The van der Waals surface area contributed by atoms with Gasteiger partial charge in [-0.25, -0.2) is 4.79 Å². The molecule has 4 heteroatoms. The number of aliphatic hydroxyl groups excluding tert-OH is 1. The van der Waals surface area contributed by atoms with Crippen molar-refractivity contribution in [2.24, 2.45) is 11.8 Å². The van der Waals surface area contributed by atoms with E-state index in [9.17, 15) is 9.90 Å². The van der Waals surface area contributed by atoms with Gasteiger partial charge in [0, 0.05) is 25.6 Å². The smallest absolute Gasteiger partial charge is 0.317 e. The van der Waals surface area contributed by atoms with Gasteiger partial charge in [-0.05, 0) is 31.6 Å². The van der Waals surface area contributed by atoms with E-state index in [4.69, 9.17) is 0 Å². The number of nitrogens with one attached hydrogen (secondary N) is 1. The van der Waals surface area contributed by atoms with Crippen LogP contribution < -0.4 is 5.32 Å². The van der Waals surface area contributed by atoms with Gasteiger partial charge in [-0.3, -0.25) is 0 Å². The molecule has 0 bridgehead atoms. The average Bonchev–Trinajstić information content (AvgIpc) is 2.73. The molecule has 1 heterocycles. The van der Waals surface area contributed by atoms with Gasteiger partial charge in [-0.2, -0.15) is 0 Å². The van der Waals surface area contributed by atoms with Gasteiger partial charge in [0.05, 0.1) is 6.10 Å². The van der Waals surface area contributed by atoms with E-state index in [0.29, 0.717) is 6.54 Å². The Balaban J connectivity index is 1.70. The lowest BCUT2D eigenvalue weighted by atomic mass is 9.99. The number of carbonyl (C=O) groups excluding carboxylic acids is 1. The zero-order valence-corrected chi connectivity index (χ0v) is 10.7. The molecule has 2 atom stereocenters. The first kappa shape index (κ1) is 12.7. The lowest BCUT2D eigenvalue weighted by Gasteiger charge is -2.30. The van der Waals surface area contributed by atoms with E-state index in [-0.39, 0.29) is 18.1 Å². The zero-order chi connectivity index (χ0) is 12.3. The summed E-state index contributed by atoms with van der Waals surface area (Å²) in [6, 6.07) is 0.0519. The van der Waals surface area contributed by atoms with Crippen LogP contribution in [-0.4, -0.2) is 41.8 Å². The summed E-state index contributed by atoms with van der Waals surface area (Å²) in [5.74, 6) is 1.01.